The maximum Gasteiger partial charge on any atom is 0.387 e. The molecule has 1 saturated heterocycles. The number of rotatable bonds is 11. The number of hydrogen-bond acceptors (Lipinski definition) is 8. The summed E-state index contributed by atoms with van der Waals surface area (Å²) < 4.78 is 42.3. The van der Waals surface area contributed by atoms with E-state index in [1.807, 2.05) is 0 Å². The molecular formula is C30H32F2N4O7. The lowest BCUT2D eigenvalue weighted by Gasteiger charge is -2.28. The Morgan fingerprint density at radius 3 is 2.49 bits per heavy atom. The first-order valence-corrected chi connectivity index (χ1v) is 13.9. The summed E-state index contributed by atoms with van der Waals surface area (Å²) in [6, 6.07) is 8.62. The smallest absolute Gasteiger partial charge is 0.387 e. The molecule has 2 fully saturated rings. The molecule has 2 atom stereocenters. The molecular weight excluding hydrogens is 566 g/mol. The van der Waals surface area contributed by atoms with Crippen LogP contribution in [0.2, 0.25) is 0 Å². The summed E-state index contributed by atoms with van der Waals surface area (Å²) in [5, 5.41) is 9.15. The predicted octanol–water partition coefficient (Wildman–Crippen LogP) is 4.72. The number of amides is 2. The van der Waals surface area contributed by atoms with Crippen molar-refractivity contribution in [1.82, 2.24) is 9.88 Å². The number of aromatic nitrogens is 1. The van der Waals surface area contributed by atoms with Crippen molar-refractivity contribution in [3.63, 3.8) is 0 Å². The molecule has 0 radical (unpaired) electrons. The predicted molar refractivity (Wildman–Crippen MR) is 150 cm³/mol. The van der Waals surface area contributed by atoms with Gasteiger partial charge < -0.3 is 34.5 Å². The minimum Gasteiger partial charge on any atom is -0.489 e. The van der Waals surface area contributed by atoms with Crippen LogP contribution in [0.4, 0.5) is 14.5 Å². The van der Waals surface area contributed by atoms with Crippen molar-refractivity contribution in [3.05, 3.63) is 59.5 Å². The summed E-state index contributed by atoms with van der Waals surface area (Å²) in [5.74, 6) is -1.47. The van der Waals surface area contributed by atoms with E-state index in [4.69, 9.17) is 20.0 Å². The Balaban J connectivity index is 1.40. The second-order valence-corrected chi connectivity index (χ2v) is 10.7. The number of carbonyl (C=O) groups is 3. The molecule has 2 aliphatic rings. The highest BCUT2D eigenvalue weighted by Gasteiger charge is 2.39. The van der Waals surface area contributed by atoms with Crippen molar-refractivity contribution >= 4 is 23.5 Å². The van der Waals surface area contributed by atoms with Gasteiger partial charge in [-0.3, -0.25) is 9.59 Å². The van der Waals surface area contributed by atoms with Gasteiger partial charge in [-0.1, -0.05) is 0 Å². The van der Waals surface area contributed by atoms with E-state index in [0.717, 1.165) is 12.8 Å². The second-order valence-electron chi connectivity index (χ2n) is 10.7. The molecule has 1 aliphatic carbocycles. The molecule has 43 heavy (non-hydrogen) atoms. The molecule has 13 heteroatoms. The average Bonchev–Trinajstić information content (AvgIpc) is 3.48. The lowest BCUT2D eigenvalue weighted by molar-refractivity contribution is -0.122. The van der Waals surface area contributed by atoms with E-state index in [1.165, 1.54) is 52.3 Å². The van der Waals surface area contributed by atoms with Gasteiger partial charge in [0.25, 0.3) is 5.91 Å². The van der Waals surface area contributed by atoms with Crippen molar-refractivity contribution in [2.45, 2.75) is 51.3 Å². The van der Waals surface area contributed by atoms with Gasteiger partial charge in [-0.05, 0) is 81.0 Å². The third-order valence-electron chi connectivity index (χ3n) is 7.48. The Labute approximate surface area is 246 Å². The highest BCUT2D eigenvalue weighted by atomic mass is 19.3. The van der Waals surface area contributed by atoms with Crippen LogP contribution in [0.15, 0.2) is 46.9 Å². The van der Waals surface area contributed by atoms with Crippen LogP contribution in [0.25, 0.3) is 11.5 Å². The van der Waals surface area contributed by atoms with Gasteiger partial charge in [0.1, 0.15) is 6.04 Å². The summed E-state index contributed by atoms with van der Waals surface area (Å²) in [7, 11) is 1.56. The number of ether oxygens (including phenoxy) is 2. The normalized spacial score (nSPS) is 17.2. The fraction of sp³-hybridized carbons (Fsp3) is 0.400. The van der Waals surface area contributed by atoms with Crippen LogP contribution in [-0.4, -0.2) is 65.6 Å². The Bertz CT molecular complexity index is 1500. The molecule has 1 saturated carbocycles. The van der Waals surface area contributed by atoms with Crippen LogP contribution in [0, 0.1) is 5.92 Å². The maximum absolute atomic E-state index is 13.8. The lowest BCUT2D eigenvalue weighted by Crippen LogP contribution is -2.47. The van der Waals surface area contributed by atoms with Gasteiger partial charge in [-0.2, -0.15) is 8.78 Å². The number of anilines is 1. The fourth-order valence-electron chi connectivity index (χ4n) is 4.94. The zero-order valence-electron chi connectivity index (χ0n) is 23.7. The summed E-state index contributed by atoms with van der Waals surface area (Å²) in [6.07, 6.45) is 3.01. The zero-order valence-corrected chi connectivity index (χ0v) is 23.7. The third kappa shape index (κ3) is 6.61. The molecule has 3 N–H and O–H groups in total. The van der Waals surface area contributed by atoms with E-state index >= 15 is 0 Å². The Morgan fingerprint density at radius 2 is 1.86 bits per heavy atom. The number of oxazole rings is 1. The lowest BCUT2D eigenvalue weighted by atomic mass is 10.1. The van der Waals surface area contributed by atoms with E-state index in [1.54, 1.807) is 14.0 Å². The number of nitrogens with two attached hydrogens (primary N) is 1. The Kier molecular flexibility index (Phi) is 8.62. The number of alkyl halides is 2. The van der Waals surface area contributed by atoms with Gasteiger partial charge >= 0.3 is 12.6 Å². The number of carboxylic acid groups (broad SMARTS) is 1. The van der Waals surface area contributed by atoms with Gasteiger partial charge in [0.15, 0.2) is 23.0 Å². The Hall–Kier alpha value is -4.52. The number of carbonyl (C=O) groups excluding carboxylic acids is 2. The molecule has 5 rings (SSSR count). The number of likely N-dealkylation sites (tertiary alicyclic amines) is 1. The summed E-state index contributed by atoms with van der Waals surface area (Å²) in [6.45, 7) is -0.748. The van der Waals surface area contributed by atoms with E-state index in [2.05, 4.69) is 9.72 Å². The molecule has 0 spiro atoms. The minimum atomic E-state index is -3.04. The zero-order chi connectivity index (χ0) is 30.8. The topological polar surface area (TPSA) is 148 Å². The highest BCUT2D eigenvalue weighted by molar-refractivity contribution is 6.02. The molecule has 0 bridgehead atoms. The fourth-order valence-corrected chi connectivity index (χ4v) is 4.94. The first-order valence-electron chi connectivity index (χ1n) is 13.9. The van der Waals surface area contributed by atoms with Crippen LogP contribution >= 0.6 is 0 Å². The van der Waals surface area contributed by atoms with E-state index in [-0.39, 0.29) is 40.3 Å². The van der Waals surface area contributed by atoms with E-state index < -0.39 is 30.6 Å². The van der Waals surface area contributed by atoms with Crippen molar-refractivity contribution in [3.8, 4) is 23.0 Å². The maximum atomic E-state index is 13.8. The van der Waals surface area contributed by atoms with Gasteiger partial charge in [0.2, 0.25) is 11.8 Å². The highest BCUT2D eigenvalue weighted by Crippen LogP contribution is 2.37. The first kappa shape index (κ1) is 30.0. The molecule has 2 heterocycles. The first-order chi connectivity index (χ1) is 20.5. The van der Waals surface area contributed by atoms with Crippen LogP contribution in [0.3, 0.4) is 0 Å². The van der Waals surface area contributed by atoms with E-state index in [9.17, 15) is 23.2 Å². The molecule has 0 unspecified atom stereocenters. The molecule has 1 aromatic heterocycles. The third-order valence-corrected chi connectivity index (χ3v) is 7.48. The number of hydrogen-bond donors (Lipinski definition) is 2. The van der Waals surface area contributed by atoms with Crippen LogP contribution in [0.1, 0.15) is 65.3 Å². The number of nitrogens with zero attached hydrogens (tertiary/aromatic N) is 3. The molecule has 2 aromatic carbocycles. The largest absolute Gasteiger partial charge is 0.489 e. The van der Waals surface area contributed by atoms with Crippen molar-refractivity contribution < 1.29 is 42.2 Å². The van der Waals surface area contributed by atoms with Crippen LogP contribution < -0.4 is 20.1 Å². The second kappa shape index (κ2) is 12.4. The minimum absolute atomic E-state index is 0.0354. The molecule has 11 nitrogen and oxygen atoms in total. The average molecular weight is 599 g/mol. The van der Waals surface area contributed by atoms with Crippen molar-refractivity contribution in [2.75, 3.05) is 25.1 Å². The van der Waals surface area contributed by atoms with E-state index in [0.29, 0.717) is 43.2 Å². The molecule has 2 amide bonds. The SMILES string of the molecule is C[C@H](N)c1oc(-c2ccc(OC(F)F)c(OCC3CC3)c2)nc1C(=O)N1CCC[C@H]1C(=O)N(C)c1ccc(C(=O)O)cc1. The molecule has 228 valence electrons. The summed E-state index contributed by atoms with van der Waals surface area (Å²) in [5.41, 5.74) is 7.03. The van der Waals surface area contributed by atoms with Gasteiger partial charge in [0, 0.05) is 24.8 Å². The molecule has 3 aromatic rings. The summed E-state index contributed by atoms with van der Waals surface area (Å²) >= 11 is 0. The van der Waals surface area contributed by atoms with Crippen molar-refractivity contribution in [1.29, 1.82) is 0 Å². The van der Waals surface area contributed by atoms with Crippen LogP contribution in [0.5, 0.6) is 11.5 Å². The number of aromatic carboxylic acids is 1. The van der Waals surface area contributed by atoms with Gasteiger partial charge in [0.05, 0.1) is 18.2 Å². The number of likely N-dealkylation sites (N-methyl/N-ethyl adjacent to an activating group) is 1. The van der Waals surface area contributed by atoms with Crippen molar-refractivity contribution in [2.24, 2.45) is 11.7 Å². The van der Waals surface area contributed by atoms with Gasteiger partial charge in [-0.15, -0.1) is 0 Å². The monoisotopic (exact) mass is 598 g/mol. The molecule has 1 aliphatic heterocycles. The number of carboxylic acids is 1. The quantitative estimate of drug-likeness (QED) is 0.320. The van der Waals surface area contributed by atoms with Crippen LogP contribution in [-0.2, 0) is 4.79 Å². The number of halogens is 2. The van der Waals surface area contributed by atoms with Gasteiger partial charge in [-0.25, -0.2) is 9.78 Å². The number of benzene rings is 2. The Morgan fingerprint density at radius 1 is 1.14 bits per heavy atom. The summed E-state index contributed by atoms with van der Waals surface area (Å²) in [4.78, 5) is 45.8. The standard InChI is InChI=1S/C30H32F2N4O7/c1-16(33)25-24(34-26(43-25)19-9-12-22(42-30(31)32)23(14-19)41-15-17-5-6-17)28(38)36-13-3-4-21(36)27(37)35(2)20-10-7-18(8-11-20)29(39)40/h7-12,14,16-17,21,30H,3-6,13,15,33H2,1-2H3,(H,39,40)/t16-,21-/m0/s1.